The molecule has 0 aliphatic carbocycles. The topological polar surface area (TPSA) is 78.9 Å². The molecule has 1 aromatic rings. The van der Waals surface area contributed by atoms with Crippen LogP contribution in [-0.4, -0.2) is 12.5 Å². The average Bonchev–Trinajstić information content (AvgIpc) is 2.38. The van der Waals surface area contributed by atoms with Gasteiger partial charge in [0.2, 0.25) is 5.91 Å². The minimum absolute atomic E-state index is 0.148. The van der Waals surface area contributed by atoms with Gasteiger partial charge < -0.3 is 11.1 Å². The smallest absolute Gasteiger partial charge is 0.231 e. The van der Waals surface area contributed by atoms with Gasteiger partial charge in [0.25, 0.3) is 0 Å². The number of hydrogen-bond donors (Lipinski definition) is 2. The number of amides is 1. The number of hydrogen-bond acceptors (Lipinski definition) is 3. The first kappa shape index (κ1) is 13.2. The van der Waals surface area contributed by atoms with Crippen molar-refractivity contribution in [3.05, 3.63) is 29.8 Å². The highest BCUT2D eigenvalue weighted by atomic mass is 16.2. The van der Waals surface area contributed by atoms with Crippen molar-refractivity contribution >= 4 is 11.6 Å². The Labute approximate surface area is 101 Å². The lowest BCUT2D eigenvalue weighted by Crippen LogP contribution is -2.39. The van der Waals surface area contributed by atoms with E-state index in [1.165, 1.54) is 0 Å². The summed E-state index contributed by atoms with van der Waals surface area (Å²) in [5.41, 5.74) is 6.01. The first-order chi connectivity index (χ1) is 8.07. The summed E-state index contributed by atoms with van der Waals surface area (Å²) in [6.07, 6.45) is 0.657. The maximum Gasteiger partial charge on any atom is 0.231 e. The van der Waals surface area contributed by atoms with E-state index in [9.17, 15) is 4.79 Å². The van der Waals surface area contributed by atoms with Gasteiger partial charge in [-0.05, 0) is 25.5 Å². The minimum atomic E-state index is -0.595. The van der Waals surface area contributed by atoms with Crippen LogP contribution in [0.3, 0.4) is 0 Å². The largest absolute Gasteiger partial charge is 0.329 e. The molecule has 1 unspecified atom stereocenters. The number of anilines is 1. The molecule has 4 nitrogen and oxygen atoms in total. The molecule has 0 fully saturated rings. The number of rotatable bonds is 4. The van der Waals surface area contributed by atoms with Crippen molar-refractivity contribution in [2.75, 3.05) is 11.9 Å². The molecule has 0 aliphatic heterocycles. The van der Waals surface area contributed by atoms with Crippen molar-refractivity contribution in [3.8, 4) is 6.07 Å². The molecular formula is C13H17N3O. The van der Waals surface area contributed by atoms with E-state index in [1.807, 2.05) is 19.9 Å². The molecule has 1 rings (SSSR count). The molecule has 0 heterocycles. The van der Waals surface area contributed by atoms with E-state index in [1.54, 1.807) is 24.3 Å². The predicted molar refractivity (Wildman–Crippen MR) is 67.2 cm³/mol. The lowest BCUT2D eigenvalue weighted by molar-refractivity contribution is -0.124. The van der Waals surface area contributed by atoms with Crippen molar-refractivity contribution in [1.82, 2.24) is 0 Å². The van der Waals surface area contributed by atoms with Crippen LogP contribution in [0, 0.1) is 16.7 Å². The summed E-state index contributed by atoms with van der Waals surface area (Å²) in [6.45, 7) is 4.02. The molecule has 0 aliphatic rings. The monoisotopic (exact) mass is 231 g/mol. The average molecular weight is 231 g/mol. The Hall–Kier alpha value is -1.86. The molecule has 1 atom stereocenters. The maximum absolute atomic E-state index is 12.1. The van der Waals surface area contributed by atoms with Gasteiger partial charge in [0.15, 0.2) is 0 Å². The Balaban J connectivity index is 2.92. The zero-order chi connectivity index (χ0) is 12.9. The first-order valence-corrected chi connectivity index (χ1v) is 5.58. The van der Waals surface area contributed by atoms with Gasteiger partial charge in [0.05, 0.1) is 16.7 Å². The fourth-order valence-electron chi connectivity index (χ4n) is 1.36. The van der Waals surface area contributed by atoms with Crippen molar-refractivity contribution in [1.29, 1.82) is 5.26 Å². The van der Waals surface area contributed by atoms with Crippen molar-refractivity contribution < 1.29 is 4.79 Å². The van der Waals surface area contributed by atoms with Crippen LogP contribution in [0.4, 0.5) is 5.69 Å². The number of carbonyl (C=O) groups excluding carboxylic acids is 1. The Morgan fingerprint density at radius 3 is 2.71 bits per heavy atom. The molecule has 90 valence electrons. The van der Waals surface area contributed by atoms with Crippen LogP contribution >= 0.6 is 0 Å². The standard InChI is InChI=1S/C13H17N3O/c1-3-13(2,9-15)12(17)16-11-7-5-4-6-10(11)8-14/h4-7H,3,9,15H2,1-2H3,(H,16,17). The summed E-state index contributed by atoms with van der Waals surface area (Å²) in [6, 6.07) is 8.96. The van der Waals surface area contributed by atoms with Gasteiger partial charge >= 0.3 is 0 Å². The highest BCUT2D eigenvalue weighted by molar-refractivity contribution is 5.96. The molecule has 3 N–H and O–H groups in total. The van der Waals surface area contributed by atoms with Crippen molar-refractivity contribution in [2.45, 2.75) is 20.3 Å². The van der Waals surface area contributed by atoms with Gasteiger partial charge in [-0.3, -0.25) is 4.79 Å². The Morgan fingerprint density at radius 2 is 2.18 bits per heavy atom. The van der Waals surface area contributed by atoms with E-state index in [4.69, 9.17) is 11.0 Å². The second kappa shape index (κ2) is 5.46. The van der Waals surface area contributed by atoms with E-state index in [-0.39, 0.29) is 12.5 Å². The van der Waals surface area contributed by atoms with E-state index >= 15 is 0 Å². The normalized spacial score (nSPS) is 13.5. The number of benzene rings is 1. The molecule has 0 radical (unpaired) electrons. The number of carbonyl (C=O) groups is 1. The van der Waals surface area contributed by atoms with Gasteiger partial charge in [-0.25, -0.2) is 0 Å². The zero-order valence-corrected chi connectivity index (χ0v) is 10.2. The fraction of sp³-hybridized carbons (Fsp3) is 0.385. The predicted octanol–water partition coefficient (Wildman–Crippen LogP) is 1.87. The quantitative estimate of drug-likeness (QED) is 0.830. The molecule has 0 spiro atoms. The van der Waals surface area contributed by atoms with Crippen LogP contribution in [-0.2, 0) is 4.79 Å². The van der Waals surface area contributed by atoms with Crippen LogP contribution in [0.2, 0.25) is 0 Å². The van der Waals surface area contributed by atoms with Gasteiger partial charge in [-0.15, -0.1) is 0 Å². The molecule has 1 aromatic carbocycles. The van der Waals surface area contributed by atoms with E-state index in [0.717, 1.165) is 0 Å². The maximum atomic E-state index is 12.1. The third kappa shape index (κ3) is 2.83. The van der Waals surface area contributed by atoms with Gasteiger partial charge in [-0.1, -0.05) is 19.1 Å². The van der Waals surface area contributed by atoms with Crippen LogP contribution in [0.1, 0.15) is 25.8 Å². The third-order valence-electron chi connectivity index (χ3n) is 3.07. The van der Waals surface area contributed by atoms with Gasteiger partial charge in [0, 0.05) is 6.54 Å². The molecule has 0 aromatic heterocycles. The van der Waals surface area contributed by atoms with Crippen LogP contribution in [0.15, 0.2) is 24.3 Å². The summed E-state index contributed by atoms with van der Waals surface area (Å²) in [5.74, 6) is -0.148. The number of nitrogens with zero attached hydrogens (tertiary/aromatic N) is 1. The van der Waals surface area contributed by atoms with Gasteiger partial charge in [0.1, 0.15) is 6.07 Å². The third-order valence-corrected chi connectivity index (χ3v) is 3.07. The fourth-order valence-corrected chi connectivity index (χ4v) is 1.36. The van der Waals surface area contributed by atoms with Crippen molar-refractivity contribution in [2.24, 2.45) is 11.1 Å². The number of nitrogens with one attached hydrogen (secondary N) is 1. The highest BCUT2D eigenvalue weighted by Gasteiger charge is 2.29. The summed E-state index contributed by atoms with van der Waals surface area (Å²) in [7, 11) is 0. The van der Waals surface area contributed by atoms with E-state index < -0.39 is 5.41 Å². The Bertz CT molecular complexity index is 444. The Kier molecular flexibility index (Phi) is 4.24. The minimum Gasteiger partial charge on any atom is -0.329 e. The SMILES string of the molecule is CCC(C)(CN)C(=O)Nc1ccccc1C#N. The molecule has 0 bridgehead atoms. The van der Waals surface area contributed by atoms with E-state index in [0.29, 0.717) is 17.7 Å². The summed E-state index contributed by atoms with van der Waals surface area (Å²) in [5, 5.41) is 11.7. The molecule has 17 heavy (non-hydrogen) atoms. The number of nitriles is 1. The zero-order valence-electron chi connectivity index (χ0n) is 10.2. The van der Waals surface area contributed by atoms with Crippen LogP contribution < -0.4 is 11.1 Å². The second-order valence-electron chi connectivity index (χ2n) is 4.23. The van der Waals surface area contributed by atoms with Crippen molar-refractivity contribution in [3.63, 3.8) is 0 Å². The van der Waals surface area contributed by atoms with Crippen LogP contribution in [0.5, 0.6) is 0 Å². The summed E-state index contributed by atoms with van der Waals surface area (Å²) in [4.78, 5) is 12.1. The molecular weight excluding hydrogens is 214 g/mol. The lowest BCUT2D eigenvalue weighted by Gasteiger charge is -2.25. The van der Waals surface area contributed by atoms with Gasteiger partial charge in [-0.2, -0.15) is 5.26 Å². The first-order valence-electron chi connectivity index (χ1n) is 5.58. The highest BCUT2D eigenvalue weighted by Crippen LogP contribution is 2.23. The molecule has 0 saturated heterocycles. The summed E-state index contributed by atoms with van der Waals surface area (Å²) >= 11 is 0. The summed E-state index contributed by atoms with van der Waals surface area (Å²) < 4.78 is 0. The number of para-hydroxylation sites is 1. The number of nitrogens with two attached hydrogens (primary N) is 1. The molecule has 1 amide bonds. The molecule has 4 heteroatoms. The van der Waals surface area contributed by atoms with Crippen LogP contribution in [0.25, 0.3) is 0 Å². The Morgan fingerprint density at radius 1 is 1.53 bits per heavy atom. The lowest BCUT2D eigenvalue weighted by atomic mass is 9.86. The van der Waals surface area contributed by atoms with E-state index in [2.05, 4.69) is 5.32 Å². The molecule has 0 saturated carbocycles. The second-order valence-corrected chi connectivity index (χ2v) is 4.23.